The first-order valence-corrected chi connectivity index (χ1v) is 10.9. The Labute approximate surface area is 187 Å². The lowest BCUT2D eigenvalue weighted by Gasteiger charge is -2.20. The summed E-state index contributed by atoms with van der Waals surface area (Å²) in [7, 11) is 0. The topological polar surface area (TPSA) is 66.7 Å². The van der Waals surface area contributed by atoms with E-state index in [1.807, 2.05) is 24.3 Å². The van der Waals surface area contributed by atoms with Crippen LogP contribution in [-0.4, -0.2) is 21.7 Å². The zero-order valence-corrected chi connectivity index (χ0v) is 18.2. The molecule has 0 aliphatic heterocycles. The number of H-pyrrole nitrogens is 1. The third-order valence-corrected chi connectivity index (χ3v) is 5.94. The molecule has 5 heteroatoms. The number of aryl methyl sites for hydroxylation is 1. The van der Waals surface area contributed by atoms with Crippen LogP contribution >= 0.6 is 0 Å². The largest absolute Gasteiger partial charge is 0.419 e. The van der Waals surface area contributed by atoms with Gasteiger partial charge in [-0.15, -0.1) is 10.2 Å². The number of rotatable bonds is 7. The van der Waals surface area contributed by atoms with Crippen LogP contribution in [0.3, 0.4) is 0 Å². The monoisotopic (exact) mass is 422 g/mol. The van der Waals surface area contributed by atoms with Gasteiger partial charge in [-0.1, -0.05) is 66.2 Å². The molecule has 2 N–H and O–H groups in total. The first-order valence-electron chi connectivity index (χ1n) is 10.9. The van der Waals surface area contributed by atoms with Gasteiger partial charge in [0.2, 0.25) is 11.8 Å². The number of aromatic nitrogens is 3. The van der Waals surface area contributed by atoms with Crippen LogP contribution < -0.4 is 5.32 Å². The van der Waals surface area contributed by atoms with Gasteiger partial charge >= 0.3 is 0 Å². The molecule has 0 spiro atoms. The van der Waals surface area contributed by atoms with Crippen LogP contribution in [0.2, 0.25) is 0 Å². The van der Waals surface area contributed by atoms with Crippen LogP contribution in [0.4, 0.5) is 0 Å². The summed E-state index contributed by atoms with van der Waals surface area (Å²) >= 11 is 0. The zero-order chi connectivity index (χ0) is 21.9. The lowest BCUT2D eigenvalue weighted by Crippen LogP contribution is -2.25. The first kappa shape index (κ1) is 20.2. The predicted molar refractivity (Wildman–Crippen MR) is 127 cm³/mol. The zero-order valence-electron chi connectivity index (χ0n) is 18.2. The number of nitrogens with one attached hydrogen (secondary N) is 2. The Morgan fingerprint density at radius 3 is 2.47 bits per heavy atom. The molecular formula is C27H26N4O. The molecule has 32 heavy (non-hydrogen) atoms. The van der Waals surface area contributed by atoms with Gasteiger partial charge in [0.1, 0.15) is 0 Å². The van der Waals surface area contributed by atoms with Gasteiger partial charge in [0.25, 0.3) is 0 Å². The highest BCUT2D eigenvalue weighted by Gasteiger charge is 2.21. The van der Waals surface area contributed by atoms with Crippen molar-refractivity contribution in [1.29, 1.82) is 0 Å². The van der Waals surface area contributed by atoms with Gasteiger partial charge < -0.3 is 14.7 Å². The molecule has 0 saturated carbocycles. The molecule has 2 heterocycles. The SMILES string of the molecule is Cc1ccc(-c2nnc([C@H](C)NC[C@@H](c3ccccc3)c3c[nH]c4ccccc34)o2)cc1. The summed E-state index contributed by atoms with van der Waals surface area (Å²) in [6.45, 7) is 4.87. The maximum atomic E-state index is 5.98. The average Bonchev–Trinajstić information content (AvgIpc) is 3.49. The average molecular weight is 423 g/mol. The molecule has 0 aliphatic carbocycles. The molecule has 2 aromatic heterocycles. The normalized spacial score (nSPS) is 13.3. The third-order valence-electron chi connectivity index (χ3n) is 5.94. The Morgan fingerprint density at radius 1 is 0.906 bits per heavy atom. The summed E-state index contributed by atoms with van der Waals surface area (Å²) < 4.78 is 5.98. The maximum Gasteiger partial charge on any atom is 0.247 e. The van der Waals surface area contributed by atoms with Crippen molar-refractivity contribution in [3.05, 3.63) is 108 Å². The Morgan fingerprint density at radius 2 is 1.66 bits per heavy atom. The fourth-order valence-corrected chi connectivity index (χ4v) is 4.08. The van der Waals surface area contributed by atoms with Crippen molar-refractivity contribution in [3.8, 4) is 11.5 Å². The summed E-state index contributed by atoms with van der Waals surface area (Å²) in [4.78, 5) is 3.41. The number of aromatic amines is 1. The number of hydrogen-bond donors (Lipinski definition) is 2. The molecule has 0 fully saturated rings. The number of hydrogen-bond acceptors (Lipinski definition) is 4. The molecule has 0 aliphatic rings. The van der Waals surface area contributed by atoms with Crippen LogP contribution in [0.25, 0.3) is 22.4 Å². The standard InChI is InChI=1S/C27H26N4O/c1-18-12-14-21(15-13-18)27-31-30-26(32-27)19(2)28-16-23(20-8-4-3-5-9-20)24-17-29-25-11-7-6-10-22(24)25/h3-15,17,19,23,28-29H,16H2,1-2H3/t19-,23-/m0/s1. The van der Waals surface area contributed by atoms with Gasteiger partial charge in [-0.25, -0.2) is 0 Å². The van der Waals surface area contributed by atoms with Crippen LogP contribution in [-0.2, 0) is 0 Å². The van der Waals surface area contributed by atoms with E-state index in [1.165, 1.54) is 22.1 Å². The van der Waals surface area contributed by atoms with E-state index in [1.54, 1.807) is 0 Å². The smallest absolute Gasteiger partial charge is 0.247 e. The van der Waals surface area contributed by atoms with Gasteiger partial charge in [0, 0.05) is 35.1 Å². The summed E-state index contributed by atoms with van der Waals surface area (Å²) in [5, 5.41) is 13.4. The van der Waals surface area contributed by atoms with E-state index in [4.69, 9.17) is 4.42 Å². The minimum absolute atomic E-state index is 0.0712. The summed E-state index contributed by atoms with van der Waals surface area (Å²) in [6.07, 6.45) is 2.12. The second-order valence-corrected chi connectivity index (χ2v) is 8.19. The van der Waals surface area contributed by atoms with E-state index in [0.29, 0.717) is 11.8 Å². The highest BCUT2D eigenvalue weighted by atomic mass is 16.4. The Balaban J connectivity index is 1.37. The van der Waals surface area contributed by atoms with Gasteiger partial charge in [0.05, 0.1) is 6.04 Å². The van der Waals surface area contributed by atoms with Crippen molar-refractivity contribution >= 4 is 10.9 Å². The van der Waals surface area contributed by atoms with Crippen LogP contribution in [0.1, 0.15) is 41.5 Å². The molecule has 0 amide bonds. The number of nitrogens with zero attached hydrogens (tertiary/aromatic N) is 2. The summed E-state index contributed by atoms with van der Waals surface area (Å²) in [5.41, 5.74) is 5.83. The molecule has 5 aromatic rings. The molecule has 0 bridgehead atoms. The van der Waals surface area contributed by atoms with Crippen molar-refractivity contribution in [2.45, 2.75) is 25.8 Å². The van der Waals surface area contributed by atoms with Gasteiger partial charge in [0.15, 0.2) is 0 Å². The molecule has 0 radical (unpaired) electrons. The van der Waals surface area contributed by atoms with Crippen molar-refractivity contribution < 1.29 is 4.42 Å². The van der Waals surface area contributed by atoms with E-state index in [0.717, 1.165) is 17.6 Å². The van der Waals surface area contributed by atoms with Crippen LogP contribution in [0.15, 0.2) is 89.5 Å². The van der Waals surface area contributed by atoms with Crippen molar-refractivity contribution in [3.63, 3.8) is 0 Å². The van der Waals surface area contributed by atoms with E-state index in [-0.39, 0.29) is 12.0 Å². The molecule has 160 valence electrons. The predicted octanol–water partition coefficient (Wildman–Crippen LogP) is 6.01. The third kappa shape index (κ3) is 4.07. The summed E-state index contributed by atoms with van der Waals surface area (Å²) in [6, 6.07) is 27.1. The lowest BCUT2D eigenvalue weighted by molar-refractivity contribution is 0.418. The van der Waals surface area contributed by atoms with Gasteiger partial charge in [-0.2, -0.15) is 0 Å². The van der Waals surface area contributed by atoms with E-state index in [9.17, 15) is 0 Å². The van der Waals surface area contributed by atoms with Crippen LogP contribution in [0, 0.1) is 6.92 Å². The summed E-state index contributed by atoms with van der Waals surface area (Å²) in [5.74, 6) is 1.32. The number of benzene rings is 3. The highest BCUT2D eigenvalue weighted by molar-refractivity contribution is 5.84. The van der Waals surface area contributed by atoms with Crippen LogP contribution in [0.5, 0.6) is 0 Å². The molecular weight excluding hydrogens is 396 g/mol. The number of fused-ring (bicyclic) bond motifs is 1. The molecule has 0 unspecified atom stereocenters. The van der Waals surface area contributed by atoms with Gasteiger partial charge in [-0.3, -0.25) is 0 Å². The fraction of sp³-hybridized carbons (Fsp3) is 0.185. The first-order chi connectivity index (χ1) is 15.7. The Hall–Kier alpha value is -3.70. The number of para-hydroxylation sites is 1. The van der Waals surface area contributed by atoms with Crippen molar-refractivity contribution in [2.75, 3.05) is 6.54 Å². The molecule has 3 aromatic carbocycles. The highest BCUT2D eigenvalue weighted by Crippen LogP contribution is 2.31. The molecule has 5 nitrogen and oxygen atoms in total. The second kappa shape index (κ2) is 8.81. The van der Waals surface area contributed by atoms with Crippen molar-refractivity contribution in [1.82, 2.24) is 20.5 Å². The Bertz CT molecular complexity index is 1300. The van der Waals surface area contributed by atoms with Gasteiger partial charge in [-0.05, 0) is 43.2 Å². The van der Waals surface area contributed by atoms with E-state index >= 15 is 0 Å². The van der Waals surface area contributed by atoms with E-state index in [2.05, 4.69) is 95.1 Å². The quantitative estimate of drug-likeness (QED) is 0.337. The Kier molecular flexibility index (Phi) is 5.57. The van der Waals surface area contributed by atoms with E-state index < -0.39 is 0 Å². The van der Waals surface area contributed by atoms with Crippen molar-refractivity contribution in [2.24, 2.45) is 0 Å². The minimum Gasteiger partial charge on any atom is -0.419 e. The molecule has 0 saturated heterocycles. The molecule has 2 atom stereocenters. The lowest BCUT2D eigenvalue weighted by atomic mass is 9.90. The molecule has 5 rings (SSSR count). The fourth-order valence-electron chi connectivity index (χ4n) is 4.08. The maximum absolute atomic E-state index is 5.98. The minimum atomic E-state index is -0.0712. The second-order valence-electron chi connectivity index (χ2n) is 8.19.